The van der Waals surface area contributed by atoms with E-state index in [9.17, 15) is 14.4 Å². The van der Waals surface area contributed by atoms with E-state index in [4.69, 9.17) is 5.11 Å². The number of nitrogens with one attached hydrogen (secondary N) is 3. The Bertz CT molecular complexity index is 761. The highest BCUT2D eigenvalue weighted by atomic mass is 16.4. The maximum atomic E-state index is 12.1. The van der Waals surface area contributed by atoms with Crippen molar-refractivity contribution < 1.29 is 14.7 Å². The molecule has 21 heavy (non-hydrogen) atoms. The Morgan fingerprint density at radius 3 is 2.57 bits per heavy atom. The molecule has 1 aromatic heterocycles. The lowest BCUT2D eigenvalue weighted by Gasteiger charge is -2.10. The zero-order valence-electron chi connectivity index (χ0n) is 11.2. The summed E-state index contributed by atoms with van der Waals surface area (Å²) in [4.78, 5) is 39.5. The largest absolute Gasteiger partial charge is 0.481 e. The molecule has 2 atom stereocenters. The molecule has 1 amide bonds. The van der Waals surface area contributed by atoms with Crippen LogP contribution in [0, 0.1) is 11.8 Å². The number of aromatic amines is 2. The first-order valence-corrected chi connectivity index (χ1v) is 6.78. The normalized spacial score (nSPS) is 21.5. The SMILES string of the molecule is O=C(O)[C@H]1CC[C@@H](C(=O)Nc2ccc3[nH]c(=O)[nH]c3c2)C1. The monoisotopic (exact) mass is 289 g/mol. The summed E-state index contributed by atoms with van der Waals surface area (Å²) in [5.41, 5.74) is 1.58. The summed E-state index contributed by atoms with van der Waals surface area (Å²) >= 11 is 0. The Morgan fingerprint density at radius 2 is 1.86 bits per heavy atom. The average Bonchev–Trinajstić information content (AvgIpc) is 3.03. The number of benzene rings is 1. The number of amides is 1. The fourth-order valence-electron chi connectivity index (χ4n) is 2.80. The van der Waals surface area contributed by atoms with Gasteiger partial charge in [-0.1, -0.05) is 0 Å². The fourth-order valence-corrected chi connectivity index (χ4v) is 2.80. The number of aliphatic carboxylic acids is 1. The van der Waals surface area contributed by atoms with E-state index in [2.05, 4.69) is 15.3 Å². The van der Waals surface area contributed by atoms with E-state index in [1.165, 1.54) is 0 Å². The number of carbonyl (C=O) groups is 2. The highest BCUT2D eigenvalue weighted by Crippen LogP contribution is 2.32. The topological polar surface area (TPSA) is 115 Å². The lowest BCUT2D eigenvalue weighted by molar-refractivity contribution is -0.141. The number of rotatable bonds is 3. The highest BCUT2D eigenvalue weighted by molar-refractivity contribution is 5.95. The van der Waals surface area contributed by atoms with E-state index in [0.29, 0.717) is 36.0 Å². The molecule has 1 aliphatic carbocycles. The van der Waals surface area contributed by atoms with Crippen molar-refractivity contribution in [2.45, 2.75) is 19.3 Å². The van der Waals surface area contributed by atoms with E-state index in [0.717, 1.165) is 0 Å². The van der Waals surface area contributed by atoms with Crippen LogP contribution in [0.25, 0.3) is 11.0 Å². The second-order valence-electron chi connectivity index (χ2n) is 5.37. The first-order chi connectivity index (χ1) is 10.0. The molecule has 0 bridgehead atoms. The van der Waals surface area contributed by atoms with Crippen molar-refractivity contribution >= 4 is 28.6 Å². The molecule has 1 fully saturated rings. The van der Waals surface area contributed by atoms with Gasteiger partial charge in [0.05, 0.1) is 17.0 Å². The number of hydrogen-bond acceptors (Lipinski definition) is 3. The van der Waals surface area contributed by atoms with Crippen LogP contribution in [0.4, 0.5) is 5.69 Å². The molecule has 1 aliphatic rings. The predicted molar refractivity (Wildman–Crippen MR) is 76.0 cm³/mol. The summed E-state index contributed by atoms with van der Waals surface area (Å²) in [6.07, 6.45) is 1.51. The van der Waals surface area contributed by atoms with E-state index in [1.807, 2.05) is 0 Å². The molecular weight excluding hydrogens is 274 g/mol. The molecule has 2 aromatic rings. The lowest BCUT2D eigenvalue weighted by atomic mass is 10.0. The van der Waals surface area contributed by atoms with Gasteiger partial charge in [-0.15, -0.1) is 0 Å². The van der Waals surface area contributed by atoms with Crippen LogP contribution in [0.2, 0.25) is 0 Å². The maximum Gasteiger partial charge on any atom is 0.323 e. The standard InChI is InChI=1S/C14H15N3O4/c18-12(7-1-2-8(5-7)13(19)20)15-9-3-4-10-11(6-9)17-14(21)16-10/h3-4,6-8H,1-2,5H2,(H,15,18)(H,19,20)(H2,16,17,21)/t7-,8+/m1/s1. The molecule has 7 nitrogen and oxygen atoms in total. The summed E-state index contributed by atoms with van der Waals surface area (Å²) in [5.74, 6) is -1.70. The Balaban J connectivity index is 1.71. The second-order valence-corrected chi connectivity index (χ2v) is 5.37. The molecule has 1 aromatic carbocycles. The molecule has 0 unspecified atom stereocenters. The third-order valence-electron chi connectivity index (χ3n) is 3.94. The van der Waals surface area contributed by atoms with Gasteiger partial charge in [0.1, 0.15) is 0 Å². The maximum absolute atomic E-state index is 12.1. The van der Waals surface area contributed by atoms with Crippen LogP contribution >= 0.6 is 0 Å². The fraction of sp³-hybridized carbons (Fsp3) is 0.357. The minimum absolute atomic E-state index is 0.170. The zero-order chi connectivity index (χ0) is 15.0. The van der Waals surface area contributed by atoms with E-state index in [-0.39, 0.29) is 17.5 Å². The van der Waals surface area contributed by atoms with Crippen molar-refractivity contribution in [1.29, 1.82) is 0 Å². The molecular formula is C14H15N3O4. The summed E-state index contributed by atoms with van der Waals surface area (Å²) in [5, 5.41) is 11.7. The summed E-state index contributed by atoms with van der Waals surface area (Å²) < 4.78 is 0. The lowest BCUT2D eigenvalue weighted by Crippen LogP contribution is -2.21. The zero-order valence-corrected chi connectivity index (χ0v) is 11.2. The van der Waals surface area contributed by atoms with Gasteiger partial charge in [0.25, 0.3) is 0 Å². The average molecular weight is 289 g/mol. The summed E-state index contributed by atoms with van der Waals surface area (Å²) in [6.45, 7) is 0. The minimum atomic E-state index is -0.836. The number of carboxylic acids is 1. The second kappa shape index (κ2) is 5.08. The Hall–Kier alpha value is -2.57. The first kappa shape index (κ1) is 13.4. The molecule has 7 heteroatoms. The molecule has 4 N–H and O–H groups in total. The Labute approximate surface area is 119 Å². The van der Waals surface area contributed by atoms with Crippen LogP contribution in [0.15, 0.2) is 23.0 Å². The van der Waals surface area contributed by atoms with Gasteiger partial charge in [-0.25, -0.2) is 4.79 Å². The van der Waals surface area contributed by atoms with Crippen LogP contribution in [0.5, 0.6) is 0 Å². The number of carbonyl (C=O) groups excluding carboxylic acids is 1. The van der Waals surface area contributed by atoms with E-state index >= 15 is 0 Å². The van der Waals surface area contributed by atoms with Gasteiger partial charge in [0.15, 0.2) is 0 Å². The van der Waals surface area contributed by atoms with Crippen LogP contribution in [0.1, 0.15) is 19.3 Å². The summed E-state index contributed by atoms with van der Waals surface area (Å²) in [6, 6.07) is 5.08. The van der Waals surface area contributed by atoms with Crippen molar-refractivity contribution in [2.75, 3.05) is 5.32 Å². The molecule has 1 saturated carbocycles. The van der Waals surface area contributed by atoms with Crippen LogP contribution in [-0.2, 0) is 9.59 Å². The van der Waals surface area contributed by atoms with Gasteiger partial charge in [-0.3, -0.25) is 9.59 Å². The number of hydrogen-bond donors (Lipinski definition) is 4. The van der Waals surface area contributed by atoms with Gasteiger partial charge in [-0.2, -0.15) is 0 Å². The predicted octanol–water partition coefficient (Wildman–Crippen LogP) is 1.30. The first-order valence-electron chi connectivity index (χ1n) is 6.78. The number of carboxylic acid groups (broad SMARTS) is 1. The van der Waals surface area contributed by atoms with Gasteiger partial charge >= 0.3 is 11.7 Å². The molecule has 1 heterocycles. The van der Waals surface area contributed by atoms with Crippen molar-refractivity contribution in [3.63, 3.8) is 0 Å². The van der Waals surface area contributed by atoms with Crippen LogP contribution in [-0.4, -0.2) is 27.0 Å². The number of aromatic nitrogens is 2. The van der Waals surface area contributed by atoms with Crippen molar-refractivity contribution in [3.8, 4) is 0 Å². The van der Waals surface area contributed by atoms with Gasteiger partial charge in [0, 0.05) is 11.6 Å². The van der Waals surface area contributed by atoms with Crippen molar-refractivity contribution in [2.24, 2.45) is 11.8 Å². The summed E-state index contributed by atoms with van der Waals surface area (Å²) in [7, 11) is 0. The molecule has 0 saturated heterocycles. The third kappa shape index (κ3) is 2.67. The van der Waals surface area contributed by atoms with Gasteiger partial charge < -0.3 is 20.4 Å². The molecule has 3 rings (SSSR count). The number of imidazole rings is 1. The van der Waals surface area contributed by atoms with Crippen LogP contribution in [0.3, 0.4) is 0 Å². The molecule has 0 spiro atoms. The van der Waals surface area contributed by atoms with E-state index < -0.39 is 11.9 Å². The number of anilines is 1. The quantitative estimate of drug-likeness (QED) is 0.681. The smallest absolute Gasteiger partial charge is 0.323 e. The van der Waals surface area contributed by atoms with Crippen LogP contribution < -0.4 is 11.0 Å². The third-order valence-corrected chi connectivity index (χ3v) is 3.94. The van der Waals surface area contributed by atoms with Crippen molar-refractivity contribution in [3.05, 3.63) is 28.7 Å². The van der Waals surface area contributed by atoms with Gasteiger partial charge in [-0.05, 0) is 37.5 Å². The van der Waals surface area contributed by atoms with Gasteiger partial charge in [0.2, 0.25) is 5.91 Å². The Morgan fingerprint density at radius 1 is 1.14 bits per heavy atom. The van der Waals surface area contributed by atoms with Crippen molar-refractivity contribution in [1.82, 2.24) is 9.97 Å². The number of fused-ring (bicyclic) bond motifs is 1. The number of H-pyrrole nitrogens is 2. The minimum Gasteiger partial charge on any atom is -0.481 e. The molecule has 110 valence electrons. The molecule has 0 aliphatic heterocycles. The van der Waals surface area contributed by atoms with E-state index in [1.54, 1.807) is 18.2 Å². The highest BCUT2D eigenvalue weighted by Gasteiger charge is 2.33. The molecule has 0 radical (unpaired) electrons. The Kier molecular flexibility index (Phi) is 3.25.